The number of hydrogen-bond donors (Lipinski definition) is 0. The molecule has 0 saturated heterocycles. The molecular formula is C14H11Cl3N2O. The molecule has 3 nitrogen and oxygen atoms in total. The first-order chi connectivity index (χ1) is 9.45. The molecule has 0 N–H and O–H groups in total. The fourth-order valence-electron chi connectivity index (χ4n) is 1.84. The Labute approximate surface area is 132 Å². The summed E-state index contributed by atoms with van der Waals surface area (Å²) in [7, 11) is 0. The van der Waals surface area contributed by atoms with E-state index in [1.165, 1.54) is 5.54 Å². The number of aliphatic imine (C=N–C) groups is 1. The van der Waals surface area contributed by atoms with Crippen LogP contribution in [0.2, 0.25) is 10.0 Å². The Kier molecular flexibility index (Phi) is 4.29. The van der Waals surface area contributed by atoms with Gasteiger partial charge in [0, 0.05) is 11.1 Å². The maximum Gasteiger partial charge on any atom is 0.222 e. The molecule has 1 aromatic rings. The molecule has 1 atom stereocenters. The first-order valence-electron chi connectivity index (χ1n) is 5.93. The van der Waals surface area contributed by atoms with Gasteiger partial charge < -0.3 is 4.74 Å². The largest absolute Gasteiger partial charge is 0.440 e. The van der Waals surface area contributed by atoms with E-state index >= 15 is 0 Å². The summed E-state index contributed by atoms with van der Waals surface area (Å²) in [6.07, 6.45) is 0.743. The number of nitrogens with zero attached hydrogens (tertiary/aromatic N) is 2. The standard InChI is InChI=1S/C14H11Cl3N2O/c1-3-14(2)12(6-15)20-13(19-14)8-4-10(16)9(7-18)11(17)5-8/h4-6H,3H2,1-2H3. The highest BCUT2D eigenvalue weighted by atomic mass is 35.5. The molecule has 0 bridgehead atoms. The monoisotopic (exact) mass is 328 g/mol. The summed E-state index contributed by atoms with van der Waals surface area (Å²) in [5.41, 5.74) is 1.74. The fourth-order valence-corrected chi connectivity index (χ4v) is 2.69. The van der Waals surface area contributed by atoms with Crippen molar-refractivity contribution in [2.24, 2.45) is 4.99 Å². The zero-order valence-corrected chi connectivity index (χ0v) is 13.1. The molecule has 0 aromatic heterocycles. The lowest BCUT2D eigenvalue weighted by molar-refractivity contribution is 0.364. The Morgan fingerprint density at radius 3 is 2.40 bits per heavy atom. The molecule has 1 aliphatic rings. The van der Waals surface area contributed by atoms with E-state index in [0.717, 1.165) is 6.42 Å². The quantitative estimate of drug-likeness (QED) is 0.775. The number of nitriles is 1. The van der Waals surface area contributed by atoms with Crippen LogP contribution in [0.4, 0.5) is 0 Å². The molecule has 1 aliphatic heterocycles. The lowest BCUT2D eigenvalue weighted by atomic mass is 9.99. The number of benzene rings is 1. The Hall–Kier alpha value is -1.21. The molecule has 0 aliphatic carbocycles. The van der Waals surface area contributed by atoms with E-state index in [4.69, 9.17) is 44.8 Å². The van der Waals surface area contributed by atoms with Crippen LogP contribution in [0.1, 0.15) is 31.4 Å². The van der Waals surface area contributed by atoms with Gasteiger partial charge in [0.25, 0.3) is 0 Å². The molecular weight excluding hydrogens is 319 g/mol. The first kappa shape index (κ1) is 15.2. The van der Waals surface area contributed by atoms with Gasteiger partial charge >= 0.3 is 0 Å². The smallest absolute Gasteiger partial charge is 0.222 e. The van der Waals surface area contributed by atoms with E-state index in [9.17, 15) is 0 Å². The summed E-state index contributed by atoms with van der Waals surface area (Å²) in [6.45, 7) is 3.93. The van der Waals surface area contributed by atoms with Gasteiger partial charge in [-0.3, -0.25) is 0 Å². The van der Waals surface area contributed by atoms with Crippen LogP contribution in [0.25, 0.3) is 0 Å². The average Bonchev–Trinajstić information content (AvgIpc) is 2.76. The summed E-state index contributed by atoms with van der Waals surface area (Å²) in [5, 5.41) is 9.48. The molecule has 0 saturated carbocycles. The minimum absolute atomic E-state index is 0.238. The minimum atomic E-state index is -0.496. The van der Waals surface area contributed by atoms with Crippen LogP contribution >= 0.6 is 34.8 Å². The summed E-state index contributed by atoms with van der Waals surface area (Å²) >= 11 is 17.8. The average molecular weight is 330 g/mol. The maximum atomic E-state index is 8.95. The van der Waals surface area contributed by atoms with Crippen LogP contribution in [0, 0.1) is 11.3 Å². The fraction of sp³-hybridized carbons (Fsp3) is 0.286. The highest BCUT2D eigenvalue weighted by molar-refractivity contribution is 6.37. The van der Waals surface area contributed by atoms with E-state index in [2.05, 4.69) is 4.99 Å². The van der Waals surface area contributed by atoms with Crippen molar-refractivity contribution in [1.29, 1.82) is 5.26 Å². The van der Waals surface area contributed by atoms with Gasteiger partial charge in [0.05, 0.1) is 15.6 Å². The molecule has 1 aromatic carbocycles. The van der Waals surface area contributed by atoms with Crippen molar-refractivity contribution >= 4 is 40.7 Å². The normalized spacial score (nSPS) is 23.4. The van der Waals surface area contributed by atoms with Crippen LogP contribution in [0.5, 0.6) is 0 Å². The summed E-state index contributed by atoms with van der Waals surface area (Å²) in [6, 6.07) is 5.17. The molecule has 0 fully saturated rings. The second kappa shape index (κ2) is 5.65. The highest BCUT2D eigenvalue weighted by Gasteiger charge is 2.36. The third-order valence-corrected chi connectivity index (χ3v) is 4.07. The van der Waals surface area contributed by atoms with Crippen molar-refractivity contribution in [1.82, 2.24) is 0 Å². The zero-order valence-electron chi connectivity index (χ0n) is 10.9. The second-order valence-electron chi connectivity index (χ2n) is 4.55. The van der Waals surface area contributed by atoms with Gasteiger partial charge in [0.1, 0.15) is 17.4 Å². The number of halogens is 3. The molecule has 20 heavy (non-hydrogen) atoms. The first-order valence-corrected chi connectivity index (χ1v) is 7.12. The highest BCUT2D eigenvalue weighted by Crippen LogP contribution is 2.36. The molecule has 2 rings (SSSR count). The van der Waals surface area contributed by atoms with E-state index in [0.29, 0.717) is 17.2 Å². The molecule has 0 radical (unpaired) electrons. The van der Waals surface area contributed by atoms with Crippen LogP contribution in [0.15, 0.2) is 28.4 Å². The lowest BCUT2D eigenvalue weighted by Crippen LogP contribution is -2.19. The molecule has 0 amide bonds. The molecule has 0 spiro atoms. The van der Waals surface area contributed by atoms with Crippen molar-refractivity contribution in [2.45, 2.75) is 25.8 Å². The zero-order chi connectivity index (χ0) is 14.9. The van der Waals surface area contributed by atoms with Gasteiger partial charge in [-0.05, 0) is 25.5 Å². The topological polar surface area (TPSA) is 45.4 Å². The summed E-state index contributed by atoms with van der Waals surface area (Å²) < 4.78 is 5.67. The third-order valence-electron chi connectivity index (χ3n) is 3.27. The van der Waals surface area contributed by atoms with Gasteiger partial charge in [-0.25, -0.2) is 4.99 Å². The number of rotatable bonds is 2. The maximum absolute atomic E-state index is 8.95. The predicted octanol–water partition coefficient (Wildman–Crippen LogP) is 4.89. The van der Waals surface area contributed by atoms with Crippen LogP contribution in [-0.4, -0.2) is 11.4 Å². The Morgan fingerprint density at radius 1 is 1.40 bits per heavy atom. The van der Waals surface area contributed by atoms with E-state index in [1.807, 2.05) is 19.9 Å². The lowest BCUT2D eigenvalue weighted by Gasteiger charge is -2.16. The van der Waals surface area contributed by atoms with Gasteiger partial charge in [-0.15, -0.1) is 0 Å². The number of hydrogen-bond acceptors (Lipinski definition) is 3. The van der Waals surface area contributed by atoms with Crippen molar-refractivity contribution in [2.75, 3.05) is 0 Å². The van der Waals surface area contributed by atoms with Crippen molar-refractivity contribution in [3.05, 3.63) is 44.6 Å². The van der Waals surface area contributed by atoms with E-state index in [-0.39, 0.29) is 15.6 Å². The van der Waals surface area contributed by atoms with Crippen molar-refractivity contribution in [3.8, 4) is 6.07 Å². The SMILES string of the molecule is CCC1(C)N=C(c2cc(Cl)c(C#N)c(Cl)c2)OC1=CCl. The Morgan fingerprint density at radius 2 is 2.00 bits per heavy atom. The van der Waals surface area contributed by atoms with Gasteiger partial charge in [0.15, 0.2) is 0 Å². The summed E-state index contributed by atoms with van der Waals surface area (Å²) in [4.78, 5) is 4.54. The molecule has 6 heteroatoms. The Balaban J connectivity index is 2.50. The molecule has 1 unspecified atom stereocenters. The van der Waals surface area contributed by atoms with Crippen LogP contribution in [0.3, 0.4) is 0 Å². The molecule has 1 heterocycles. The van der Waals surface area contributed by atoms with Crippen molar-refractivity contribution in [3.63, 3.8) is 0 Å². The van der Waals surface area contributed by atoms with E-state index in [1.54, 1.807) is 12.1 Å². The van der Waals surface area contributed by atoms with Gasteiger partial charge in [-0.1, -0.05) is 41.7 Å². The van der Waals surface area contributed by atoms with Crippen molar-refractivity contribution < 1.29 is 4.74 Å². The summed E-state index contributed by atoms with van der Waals surface area (Å²) in [5.74, 6) is 0.975. The second-order valence-corrected chi connectivity index (χ2v) is 5.58. The third kappa shape index (κ3) is 2.52. The molecule has 104 valence electrons. The van der Waals surface area contributed by atoms with Gasteiger partial charge in [0.2, 0.25) is 5.90 Å². The van der Waals surface area contributed by atoms with Crippen LogP contribution < -0.4 is 0 Å². The van der Waals surface area contributed by atoms with E-state index < -0.39 is 5.54 Å². The van der Waals surface area contributed by atoms with Gasteiger partial charge in [-0.2, -0.15) is 5.26 Å². The van der Waals surface area contributed by atoms with Crippen LogP contribution in [-0.2, 0) is 4.74 Å². The minimum Gasteiger partial charge on any atom is -0.440 e. The predicted molar refractivity (Wildman–Crippen MR) is 81.4 cm³/mol. The number of ether oxygens (including phenoxy) is 1. The Bertz CT molecular complexity index is 638.